The zero-order valence-corrected chi connectivity index (χ0v) is 17.1. The number of carboxylic acid groups (broad SMARTS) is 1. The molecule has 1 aromatic heterocycles. The Morgan fingerprint density at radius 1 is 1.39 bits per heavy atom. The highest BCUT2D eigenvalue weighted by Crippen LogP contribution is 2.34. The summed E-state index contributed by atoms with van der Waals surface area (Å²) >= 11 is 6.34. The van der Waals surface area contributed by atoms with Gasteiger partial charge in [0.1, 0.15) is 11.5 Å². The highest BCUT2D eigenvalue weighted by Gasteiger charge is 2.21. The van der Waals surface area contributed by atoms with E-state index in [4.69, 9.17) is 21.5 Å². The minimum absolute atomic E-state index is 0.0117. The zero-order valence-electron chi connectivity index (χ0n) is 15.4. The van der Waals surface area contributed by atoms with Crippen molar-refractivity contribution in [3.8, 4) is 11.5 Å². The molecule has 0 bridgehead atoms. The summed E-state index contributed by atoms with van der Waals surface area (Å²) < 4.78 is 9.94. The Labute approximate surface area is 170 Å². The van der Waals surface area contributed by atoms with Crippen molar-refractivity contribution in [1.82, 2.24) is 15.5 Å². The molecule has 150 valence electrons. The van der Waals surface area contributed by atoms with Crippen molar-refractivity contribution in [2.45, 2.75) is 19.6 Å². The highest BCUT2D eigenvalue weighted by atomic mass is 32.2. The fraction of sp³-hybridized carbons (Fsp3) is 0.353. The van der Waals surface area contributed by atoms with E-state index >= 15 is 0 Å². The van der Waals surface area contributed by atoms with Crippen molar-refractivity contribution < 1.29 is 29.1 Å². The molecular formula is C17H19N3O6S2. The van der Waals surface area contributed by atoms with E-state index in [2.05, 4.69) is 15.5 Å². The number of thiocarbonyl (C=S) groups is 1. The topological polar surface area (TPSA) is 135 Å². The first-order valence-electron chi connectivity index (χ1n) is 8.09. The summed E-state index contributed by atoms with van der Waals surface area (Å²) in [5.41, 5.74) is 0.761. The molecule has 0 radical (unpaired) electrons. The number of phenols is 1. The first-order chi connectivity index (χ1) is 13.3. The number of rotatable bonds is 9. The minimum Gasteiger partial charge on any atom is -0.507 e. The predicted octanol–water partition coefficient (Wildman–Crippen LogP) is 1.87. The lowest BCUT2D eigenvalue weighted by molar-refractivity contribution is -0.114. The highest BCUT2D eigenvalue weighted by molar-refractivity contribution is 7.98. The molecule has 0 spiro atoms. The molecule has 1 aromatic carbocycles. The molecule has 0 aliphatic rings. The maximum atomic E-state index is 12.0. The zero-order chi connectivity index (χ0) is 20.8. The van der Waals surface area contributed by atoms with E-state index < -0.39 is 11.9 Å². The van der Waals surface area contributed by atoms with Gasteiger partial charge in [-0.1, -0.05) is 17.4 Å². The van der Waals surface area contributed by atoms with Gasteiger partial charge in [-0.3, -0.25) is 4.79 Å². The standard InChI is InChI=1S/C17H19N3O6S2/c1-8-12(25-3)6-11(21)10(13(8)17(23)24)7-28-5-4-18-15(22)14(27)16-19-9(2)20-26-16/h6,21H,4-5,7H2,1-3H3,(H,18,22)(H,23,24). The first-order valence-corrected chi connectivity index (χ1v) is 9.65. The van der Waals surface area contributed by atoms with Gasteiger partial charge in [-0.05, 0) is 13.8 Å². The molecule has 3 N–H and O–H groups in total. The largest absolute Gasteiger partial charge is 0.507 e. The number of ether oxygens (including phenoxy) is 1. The summed E-state index contributed by atoms with van der Waals surface area (Å²) in [5, 5.41) is 25.8. The number of aromatic hydroxyl groups is 1. The number of nitrogens with one attached hydrogen (secondary N) is 1. The summed E-state index contributed by atoms with van der Waals surface area (Å²) in [7, 11) is 1.41. The molecule has 0 aliphatic heterocycles. The van der Waals surface area contributed by atoms with E-state index in [0.29, 0.717) is 28.5 Å². The maximum absolute atomic E-state index is 12.0. The van der Waals surface area contributed by atoms with E-state index in [1.807, 2.05) is 0 Å². The fourth-order valence-electron chi connectivity index (χ4n) is 2.42. The lowest BCUT2D eigenvalue weighted by atomic mass is 10.0. The molecular weight excluding hydrogens is 406 g/mol. The van der Waals surface area contributed by atoms with Crippen molar-refractivity contribution in [1.29, 1.82) is 0 Å². The molecule has 0 saturated carbocycles. The molecule has 28 heavy (non-hydrogen) atoms. The van der Waals surface area contributed by atoms with Crippen molar-refractivity contribution in [3.05, 3.63) is 34.5 Å². The number of aromatic carboxylic acids is 1. The second kappa shape index (κ2) is 9.51. The summed E-state index contributed by atoms with van der Waals surface area (Å²) in [5.74, 6) is -0.399. The van der Waals surface area contributed by atoms with E-state index in [1.165, 1.54) is 24.9 Å². The van der Waals surface area contributed by atoms with Crippen molar-refractivity contribution >= 4 is 40.7 Å². The number of amides is 1. The van der Waals surface area contributed by atoms with Gasteiger partial charge >= 0.3 is 5.97 Å². The Morgan fingerprint density at radius 3 is 2.68 bits per heavy atom. The van der Waals surface area contributed by atoms with Gasteiger partial charge in [0.15, 0.2) is 10.7 Å². The molecule has 0 unspecified atom stereocenters. The quantitative estimate of drug-likeness (QED) is 0.310. The number of methoxy groups -OCH3 is 1. The van der Waals surface area contributed by atoms with E-state index in [9.17, 15) is 19.8 Å². The van der Waals surface area contributed by atoms with E-state index in [-0.39, 0.29) is 34.4 Å². The monoisotopic (exact) mass is 425 g/mol. The molecule has 0 saturated heterocycles. The average Bonchev–Trinajstić information content (AvgIpc) is 3.08. The molecule has 1 amide bonds. The van der Waals surface area contributed by atoms with Crippen LogP contribution >= 0.6 is 24.0 Å². The number of aromatic nitrogens is 2. The van der Waals surface area contributed by atoms with Crippen molar-refractivity contribution in [2.75, 3.05) is 19.4 Å². The third-order valence-corrected chi connectivity index (χ3v) is 5.11. The number of thioether (sulfide) groups is 1. The Bertz CT molecular complexity index is 913. The lowest BCUT2D eigenvalue weighted by Gasteiger charge is -2.14. The summed E-state index contributed by atoms with van der Waals surface area (Å²) in [6, 6.07) is 1.39. The van der Waals surface area contributed by atoms with Crippen LogP contribution in [0, 0.1) is 13.8 Å². The van der Waals surface area contributed by atoms with Crippen molar-refractivity contribution in [2.24, 2.45) is 0 Å². The van der Waals surface area contributed by atoms with Crippen LogP contribution in [0.1, 0.15) is 33.2 Å². The van der Waals surface area contributed by atoms with Crippen LogP contribution in [0.15, 0.2) is 10.6 Å². The number of carbonyl (C=O) groups excluding carboxylic acids is 1. The van der Waals surface area contributed by atoms with Gasteiger partial charge in [-0.25, -0.2) is 4.79 Å². The van der Waals surface area contributed by atoms with Crippen LogP contribution in [-0.4, -0.2) is 56.5 Å². The smallest absolute Gasteiger partial charge is 0.336 e. The molecule has 0 atom stereocenters. The number of carboxylic acids is 1. The second-order valence-corrected chi connectivity index (χ2v) is 7.18. The predicted molar refractivity (Wildman–Crippen MR) is 106 cm³/mol. The number of phenolic OH excluding ortho intramolecular Hbond substituents is 1. The fourth-order valence-corrected chi connectivity index (χ4v) is 3.46. The van der Waals surface area contributed by atoms with Crippen LogP contribution in [0.2, 0.25) is 0 Å². The number of hydrogen-bond donors (Lipinski definition) is 3. The molecule has 2 rings (SSSR count). The molecule has 11 heteroatoms. The SMILES string of the molecule is COc1cc(O)c(CSCCNC(=O)C(=S)c2nc(C)no2)c(C(=O)O)c1C. The van der Waals surface area contributed by atoms with Crippen LogP contribution in [0.5, 0.6) is 11.5 Å². The summed E-state index contributed by atoms with van der Waals surface area (Å²) in [6.45, 7) is 3.53. The Morgan fingerprint density at radius 2 is 2.11 bits per heavy atom. The summed E-state index contributed by atoms with van der Waals surface area (Å²) in [4.78, 5) is 27.4. The third-order valence-electron chi connectivity index (χ3n) is 3.76. The summed E-state index contributed by atoms with van der Waals surface area (Å²) in [6.07, 6.45) is 0. The second-order valence-electron chi connectivity index (χ2n) is 5.67. The van der Waals surface area contributed by atoms with Crippen LogP contribution in [0.25, 0.3) is 0 Å². The Hall–Kier alpha value is -2.66. The Kier molecular flexibility index (Phi) is 7.35. The van der Waals surface area contributed by atoms with Gasteiger partial charge in [0.05, 0.1) is 12.7 Å². The van der Waals surface area contributed by atoms with Gasteiger partial charge in [0.2, 0.25) is 0 Å². The normalized spacial score (nSPS) is 10.5. The van der Waals surface area contributed by atoms with Gasteiger partial charge in [-0.2, -0.15) is 16.7 Å². The number of carbonyl (C=O) groups is 2. The number of benzene rings is 1. The Balaban J connectivity index is 1.92. The number of nitrogens with zero attached hydrogens (tertiary/aromatic N) is 2. The van der Waals surface area contributed by atoms with Gasteiger partial charge < -0.3 is 24.8 Å². The molecule has 0 aliphatic carbocycles. The molecule has 0 fully saturated rings. The van der Waals surface area contributed by atoms with E-state index in [1.54, 1.807) is 13.8 Å². The molecule has 2 aromatic rings. The van der Waals surface area contributed by atoms with Gasteiger partial charge in [-0.15, -0.1) is 0 Å². The van der Waals surface area contributed by atoms with Crippen LogP contribution in [0.3, 0.4) is 0 Å². The van der Waals surface area contributed by atoms with E-state index in [0.717, 1.165) is 0 Å². The molecule has 1 heterocycles. The van der Waals surface area contributed by atoms with Crippen LogP contribution in [-0.2, 0) is 10.5 Å². The minimum atomic E-state index is -1.14. The lowest BCUT2D eigenvalue weighted by Crippen LogP contribution is -2.32. The number of aryl methyl sites for hydroxylation is 1. The van der Waals surface area contributed by atoms with Crippen molar-refractivity contribution in [3.63, 3.8) is 0 Å². The van der Waals surface area contributed by atoms with Gasteiger partial charge in [0, 0.05) is 35.2 Å². The average molecular weight is 425 g/mol. The molecule has 9 nitrogen and oxygen atoms in total. The van der Waals surface area contributed by atoms with Gasteiger partial charge in [0.25, 0.3) is 11.8 Å². The van der Waals surface area contributed by atoms with Crippen LogP contribution in [0.4, 0.5) is 0 Å². The number of hydrogen-bond acceptors (Lipinski definition) is 9. The third kappa shape index (κ3) is 4.98. The first kappa shape index (κ1) is 21.6. The van der Waals surface area contributed by atoms with Crippen LogP contribution < -0.4 is 10.1 Å². The maximum Gasteiger partial charge on any atom is 0.336 e.